The minimum atomic E-state index is 1.13. The Balaban J connectivity index is 2.30. The fraction of sp³-hybridized carbons (Fsp3) is 0.0909. The highest BCUT2D eigenvalue weighted by Crippen LogP contribution is 2.39. The van der Waals surface area contributed by atoms with E-state index in [1.807, 2.05) is 0 Å². The zero-order chi connectivity index (χ0) is 7.26. The van der Waals surface area contributed by atoms with E-state index in [4.69, 9.17) is 0 Å². The Morgan fingerprint density at radius 2 is 2.09 bits per heavy atom. The van der Waals surface area contributed by atoms with Crippen molar-refractivity contribution in [2.75, 3.05) is 0 Å². The fourth-order valence-corrected chi connectivity index (χ4v) is 1.93. The van der Waals surface area contributed by atoms with Gasteiger partial charge in [0.25, 0.3) is 0 Å². The van der Waals surface area contributed by atoms with Crippen LogP contribution >= 0.6 is 0 Å². The monoisotopic (exact) mass is 140 g/mol. The van der Waals surface area contributed by atoms with Crippen molar-refractivity contribution in [3.8, 4) is 0 Å². The number of rotatable bonds is 0. The fourth-order valence-electron chi connectivity index (χ4n) is 1.93. The van der Waals surface area contributed by atoms with E-state index in [0.29, 0.717) is 0 Å². The summed E-state index contributed by atoms with van der Waals surface area (Å²) < 4.78 is 0. The lowest BCUT2D eigenvalue weighted by molar-refractivity contribution is 1.31. The van der Waals surface area contributed by atoms with E-state index in [1.54, 1.807) is 0 Å². The van der Waals surface area contributed by atoms with Crippen molar-refractivity contribution in [3.63, 3.8) is 0 Å². The molecule has 0 atom stereocenters. The van der Waals surface area contributed by atoms with Crippen molar-refractivity contribution in [1.29, 1.82) is 0 Å². The molecule has 0 nitrogen and oxygen atoms in total. The van der Waals surface area contributed by atoms with Gasteiger partial charge in [0.05, 0.1) is 0 Å². The first-order chi connectivity index (χ1) is 5.45. The third-order valence-corrected chi connectivity index (χ3v) is 2.45. The van der Waals surface area contributed by atoms with Gasteiger partial charge in [-0.3, -0.25) is 0 Å². The van der Waals surface area contributed by atoms with Crippen LogP contribution in [0.1, 0.15) is 6.42 Å². The van der Waals surface area contributed by atoms with Crippen LogP contribution in [-0.2, 0) is 0 Å². The Morgan fingerprint density at radius 1 is 1.09 bits per heavy atom. The lowest BCUT2D eigenvalue weighted by Crippen LogP contribution is -1.77. The third-order valence-electron chi connectivity index (χ3n) is 2.45. The number of hydrogen-bond acceptors (Lipinski definition) is 0. The van der Waals surface area contributed by atoms with E-state index >= 15 is 0 Å². The highest BCUT2D eigenvalue weighted by Gasteiger charge is 2.21. The summed E-state index contributed by atoms with van der Waals surface area (Å²) in [7, 11) is 0. The second-order valence-electron chi connectivity index (χ2n) is 3.08. The molecule has 0 aromatic heterocycles. The van der Waals surface area contributed by atoms with E-state index in [1.165, 1.54) is 22.3 Å². The molecular weight excluding hydrogens is 132 g/mol. The van der Waals surface area contributed by atoms with Gasteiger partial charge in [-0.25, -0.2) is 0 Å². The molecule has 0 amide bonds. The second kappa shape index (κ2) is 1.65. The molecule has 0 N–H and O–H groups in total. The molecule has 0 heterocycles. The number of allylic oxidation sites excluding steroid dienone is 10. The number of fused-ring (bicyclic) bond motifs is 2. The molecule has 0 bridgehead atoms. The Morgan fingerprint density at radius 3 is 3.09 bits per heavy atom. The summed E-state index contributed by atoms with van der Waals surface area (Å²) in [6, 6.07) is 0. The molecule has 0 aromatic carbocycles. The van der Waals surface area contributed by atoms with Gasteiger partial charge in [-0.15, -0.1) is 0 Å². The summed E-state index contributed by atoms with van der Waals surface area (Å²) in [5.74, 6) is 0. The van der Waals surface area contributed by atoms with E-state index < -0.39 is 0 Å². The summed E-state index contributed by atoms with van der Waals surface area (Å²) in [4.78, 5) is 0. The Labute approximate surface area is 65.9 Å². The molecule has 0 radical (unpaired) electrons. The topological polar surface area (TPSA) is 0 Å². The standard InChI is InChI=1S/C11H8/c1-3-8-7-9-4-2-6-11(9)10(8)5-1/h1-5,7H,6H2. The van der Waals surface area contributed by atoms with Gasteiger partial charge in [-0.2, -0.15) is 0 Å². The molecule has 11 heavy (non-hydrogen) atoms. The van der Waals surface area contributed by atoms with Crippen molar-refractivity contribution in [1.82, 2.24) is 0 Å². The Kier molecular flexibility index (Phi) is 0.803. The van der Waals surface area contributed by atoms with Crippen molar-refractivity contribution in [2.24, 2.45) is 0 Å². The molecule has 3 rings (SSSR count). The van der Waals surface area contributed by atoms with Crippen LogP contribution in [0.2, 0.25) is 0 Å². The molecule has 52 valence electrons. The van der Waals surface area contributed by atoms with Crippen LogP contribution in [0.15, 0.2) is 58.7 Å². The molecule has 3 aliphatic carbocycles. The summed E-state index contributed by atoms with van der Waals surface area (Å²) in [5.41, 5.74) is 5.80. The second-order valence-corrected chi connectivity index (χ2v) is 3.08. The van der Waals surface area contributed by atoms with Gasteiger partial charge >= 0.3 is 0 Å². The highest BCUT2D eigenvalue weighted by molar-refractivity contribution is 5.70. The van der Waals surface area contributed by atoms with Crippen LogP contribution in [-0.4, -0.2) is 0 Å². The smallest absolute Gasteiger partial charge is 0.00820 e. The summed E-state index contributed by atoms with van der Waals surface area (Å²) in [6.07, 6.45) is 14.4. The molecule has 0 aliphatic heterocycles. The molecule has 0 saturated carbocycles. The maximum atomic E-state index is 2.27. The molecule has 0 heteroatoms. The van der Waals surface area contributed by atoms with Crippen LogP contribution in [0.4, 0.5) is 0 Å². The van der Waals surface area contributed by atoms with Gasteiger partial charge in [0.15, 0.2) is 0 Å². The van der Waals surface area contributed by atoms with Crippen LogP contribution in [0.25, 0.3) is 0 Å². The van der Waals surface area contributed by atoms with E-state index in [9.17, 15) is 0 Å². The molecule has 0 spiro atoms. The predicted octanol–water partition coefficient (Wildman–Crippen LogP) is 2.68. The summed E-state index contributed by atoms with van der Waals surface area (Å²) in [6.45, 7) is 0. The zero-order valence-electron chi connectivity index (χ0n) is 6.17. The maximum Gasteiger partial charge on any atom is -0.00820 e. The van der Waals surface area contributed by atoms with Gasteiger partial charge in [0.2, 0.25) is 0 Å². The van der Waals surface area contributed by atoms with Gasteiger partial charge in [-0.1, -0.05) is 30.4 Å². The first-order valence-electron chi connectivity index (χ1n) is 3.96. The first-order valence-corrected chi connectivity index (χ1v) is 3.96. The van der Waals surface area contributed by atoms with Crippen molar-refractivity contribution in [2.45, 2.75) is 6.42 Å². The van der Waals surface area contributed by atoms with E-state index in [0.717, 1.165) is 6.42 Å². The van der Waals surface area contributed by atoms with Crippen LogP contribution in [0.5, 0.6) is 0 Å². The Hall–Kier alpha value is -1.30. The van der Waals surface area contributed by atoms with Gasteiger partial charge in [0.1, 0.15) is 0 Å². The maximum absolute atomic E-state index is 2.27. The van der Waals surface area contributed by atoms with Gasteiger partial charge in [0, 0.05) is 0 Å². The highest BCUT2D eigenvalue weighted by atomic mass is 14.3. The van der Waals surface area contributed by atoms with Crippen LogP contribution in [0, 0.1) is 0 Å². The average molecular weight is 140 g/mol. The summed E-state index contributed by atoms with van der Waals surface area (Å²) >= 11 is 0. The minimum absolute atomic E-state index is 1.13. The van der Waals surface area contributed by atoms with Crippen molar-refractivity contribution >= 4 is 0 Å². The lowest BCUT2D eigenvalue weighted by atomic mass is 10.1. The van der Waals surface area contributed by atoms with Crippen LogP contribution < -0.4 is 0 Å². The molecule has 0 fully saturated rings. The van der Waals surface area contributed by atoms with Crippen LogP contribution in [0.3, 0.4) is 0 Å². The van der Waals surface area contributed by atoms with E-state index in [-0.39, 0.29) is 0 Å². The SMILES string of the molecule is C1=CC2=C3CC=CC3=CC2=C1. The molecule has 0 unspecified atom stereocenters. The zero-order valence-corrected chi connectivity index (χ0v) is 6.17. The quantitative estimate of drug-likeness (QED) is 0.485. The minimum Gasteiger partial charge on any atom is -0.0795 e. The number of hydrogen-bond donors (Lipinski definition) is 0. The third kappa shape index (κ3) is 0.548. The van der Waals surface area contributed by atoms with Crippen molar-refractivity contribution < 1.29 is 0 Å². The Bertz CT molecular complexity index is 371. The van der Waals surface area contributed by atoms with E-state index in [2.05, 4.69) is 36.5 Å². The normalized spacial score (nSPS) is 24.0. The van der Waals surface area contributed by atoms with Gasteiger partial charge < -0.3 is 0 Å². The van der Waals surface area contributed by atoms with Crippen molar-refractivity contribution in [3.05, 3.63) is 58.7 Å². The van der Waals surface area contributed by atoms with Gasteiger partial charge in [-0.05, 0) is 34.8 Å². The molecule has 0 aromatic rings. The lowest BCUT2D eigenvalue weighted by Gasteiger charge is -1.95. The summed E-state index contributed by atoms with van der Waals surface area (Å²) in [5, 5.41) is 0. The predicted molar refractivity (Wildman–Crippen MR) is 46.1 cm³/mol. The molecule has 0 saturated heterocycles. The molecular formula is C11H8. The average Bonchev–Trinajstić information content (AvgIpc) is 2.52. The largest absolute Gasteiger partial charge is 0.0795 e. The first kappa shape index (κ1) is 5.36. The molecule has 3 aliphatic rings.